The molecule has 6 heteroatoms. The van der Waals surface area contributed by atoms with Crippen molar-refractivity contribution >= 4 is 23.2 Å². The lowest BCUT2D eigenvalue weighted by Crippen LogP contribution is -2.35. The lowest BCUT2D eigenvalue weighted by atomic mass is 10.1. The third kappa shape index (κ3) is 3.57. The number of benzene rings is 2. The fourth-order valence-corrected chi connectivity index (χ4v) is 2.52. The normalized spacial score (nSPS) is 15.8. The Morgan fingerprint density at radius 3 is 2.72 bits per heavy atom. The van der Waals surface area contributed by atoms with Gasteiger partial charge in [0.05, 0.1) is 23.0 Å². The number of ether oxygens (including phenoxy) is 2. The first kappa shape index (κ1) is 16.8. The largest absolute Gasteiger partial charge is 0.489 e. The van der Waals surface area contributed by atoms with Gasteiger partial charge >= 0.3 is 0 Å². The van der Waals surface area contributed by atoms with Crippen LogP contribution in [0, 0.1) is 0 Å². The van der Waals surface area contributed by atoms with Gasteiger partial charge in [-0.3, -0.25) is 9.59 Å². The van der Waals surface area contributed by atoms with Crippen LogP contribution >= 0.6 is 0 Å². The van der Waals surface area contributed by atoms with E-state index in [4.69, 9.17) is 9.47 Å². The summed E-state index contributed by atoms with van der Waals surface area (Å²) in [6.07, 6.45) is -0.667. The molecule has 0 aliphatic carbocycles. The zero-order valence-electron chi connectivity index (χ0n) is 14.3. The van der Waals surface area contributed by atoms with E-state index in [1.807, 2.05) is 26.0 Å². The Morgan fingerprint density at radius 1 is 1.20 bits per heavy atom. The molecule has 1 aliphatic rings. The van der Waals surface area contributed by atoms with Crippen LogP contribution in [-0.4, -0.2) is 24.0 Å². The number of anilines is 2. The van der Waals surface area contributed by atoms with Crippen LogP contribution in [-0.2, 0) is 4.79 Å². The Morgan fingerprint density at radius 2 is 1.96 bits per heavy atom. The van der Waals surface area contributed by atoms with Gasteiger partial charge < -0.3 is 20.1 Å². The smallest absolute Gasteiger partial charge is 0.265 e. The first-order valence-corrected chi connectivity index (χ1v) is 8.13. The second-order valence-electron chi connectivity index (χ2n) is 6.05. The maximum Gasteiger partial charge on any atom is 0.265 e. The van der Waals surface area contributed by atoms with E-state index < -0.39 is 6.10 Å². The first-order valence-electron chi connectivity index (χ1n) is 8.13. The van der Waals surface area contributed by atoms with E-state index in [-0.39, 0.29) is 17.9 Å². The summed E-state index contributed by atoms with van der Waals surface area (Å²) in [7, 11) is 0. The lowest BCUT2D eigenvalue weighted by Gasteiger charge is -2.25. The zero-order valence-corrected chi connectivity index (χ0v) is 14.3. The molecule has 0 fully saturated rings. The summed E-state index contributed by atoms with van der Waals surface area (Å²) in [5.41, 5.74) is 1.41. The van der Waals surface area contributed by atoms with Crippen LogP contribution in [0.4, 0.5) is 11.4 Å². The molecule has 0 saturated carbocycles. The molecule has 1 heterocycles. The van der Waals surface area contributed by atoms with E-state index >= 15 is 0 Å². The Balaban J connectivity index is 1.89. The van der Waals surface area contributed by atoms with Gasteiger partial charge in [0, 0.05) is 0 Å². The van der Waals surface area contributed by atoms with Crippen molar-refractivity contribution in [1.29, 1.82) is 0 Å². The van der Waals surface area contributed by atoms with Crippen LogP contribution in [0.5, 0.6) is 11.5 Å². The van der Waals surface area contributed by atoms with Crippen LogP contribution in [0.25, 0.3) is 0 Å². The van der Waals surface area contributed by atoms with E-state index in [0.29, 0.717) is 28.4 Å². The fraction of sp³-hybridized carbons (Fsp3) is 0.263. The minimum absolute atomic E-state index is 0.0121. The average molecular weight is 340 g/mol. The van der Waals surface area contributed by atoms with E-state index in [0.717, 1.165) is 0 Å². The Labute approximate surface area is 146 Å². The Bertz CT molecular complexity index is 817. The third-order valence-corrected chi connectivity index (χ3v) is 3.68. The summed E-state index contributed by atoms with van der Waals surface area (Å²) in [6.45, 7) is 5.48. The number of para-hydroxylation sites is 3. The highest BCUT2D eigenvalue weighted by molar-refractivity contribution is 6.09. The van der Waals surface area contributed by atoms with Crippen molar-refractivity contribution in [2.75, 3.05) is 10.6 Å². The van der Waals surface area contributed by atoms with Crippen LogP contribution in [0.3, 0.4) is 0 Å². The van der Waals surface area contributed by atoms with Gasteiger partial charge in [-0.25, -0.2) is 0 Å². The van der Waals surface area contributed by atoms with Crippen LogP contribution in [0.2, 0.25) is 0 Å². The molecule has 6 nitrogen and oxygen atoms in total. The third-order valence-electron chi connectivity index (χ3n) is 3.68. The van der Waals surface area contributed by atoms with Crippen LogP contribution < -0.4 is 20.1 Å². The van der Waals surface area contributed by atoms with Crippen molar-refractivity contribution in [2.24, 2.45) is 0 Å². The standard InChI is InChI=1S/C19H20N2O4/c1-11(2)24-16-10-5-4-8-14(16)20-19(23)13-7-6-9-15-17(13)25-12(3)18(22)21-15/h4-12H,1-3H3,(H,20,23)(H,21,22). The summed E-state index contributed by atoms with van der Waals surface area (Å²) in [5, 5.41) is 5.59. The van der Waals surface area contributed by atoms with Gasteiger partial charge in [-0.15, -0.1) is 0 Å². The molecule has 3 rings (SSSR count). The van der Waals surface area contributed by atoms with Gasteiger partial charge in [0.1, 0.15) is 5.75 Å². The minimum Gasteiger partial charge on any atom is -0.489 e. The van der Waals surface area contributed by atoms with Gasteiger partial charge in [0.2, 0.25) is 0 Å². The average Bonchev–Trinajstić information content (AvgIpc) is 2.56. The molecule has 1 atom stereocenters. The molecule has 25 heavy (non-hydrogen) atoms. The fourth-order valence-electron chi connectivity index (χ4n) is 2.52. The first-order chi connectivity index (χ1) is 12.0. The second-order valence-corrected chi connectivity index (χ2v) is 6.05. The highest BCUT2D eigenvalue weighted by Gasteiger charge is 2.27. The van der Waals surface area contributed by atoms with Crippen molar-refractivity contribution in [3.8, 4) is 11.5 Å². The monoisotopic (exact) mass is 340 g/mol. The van der Waals surface area contributed by atoms with E-state index in [1.54, 1.807) is 37.3 Å². The van der Waals surface area contributed by atoms with Gasteiger partial charge in [0.15, 0.2) is 11.9 Å². The number of hydrogen-bond acceptors (Lipinski definition) is 4. The quantitative estimate of drug-likeness (QED) is 0.894. The van der Waals surface area contributed by atoms with Gasteiger partial charge in [-0.05, 0) is 45.0 Å². The van der Waals surface area contributed by atoms with E-state index in [9.17, 15) is 9.59 Å². The topological polar surface area (TPSA) is 76.7 Å². The summed E-state index contributed by atoms with van der Waals surface area (Å²) >= 11 is 0. The summed E-state index contributed by atoms with van der Waals surface area (Å²) in [6, 6.07) is 12.3. The van der Waals surface area contributed by atoms with E-state index in [2.05, 4.69) is 10.6 Å². The SMILES string of the molecule is CC(C)Oc1ccccc1NC(=O)c1cccc2c1OC(C)C(=O)N2. The van der Waals surface area contributed by atoms with Gasteiger partial charge in [0.25, 0.3) is 11.8 Å². The molecule has 2 N–H and O–H groups in total. The predicted octanol–water partition coefficient (Wildman–Crippen LogP) is 3.45. The number of amides is 2. The summed E-state index contributed by atoms with van der Waals surface area (Å²) in [4.78, 5) is 24.5. The van der Waals surface area contributed by atoms with Crippen molar-refractivity contribution in [3.05, 3.63) is 48.0 Å². The van der Waals surface area contributed by atoms with Gasteiger partial charge in [-0.2, -0.15) is 0 Å². The summed E-state index contributed by atoms with van der Waals surface area (Å²) in [5.74, 6) is 0.397. The number of rotatable bonds is 4. The number of carbonyl (C=O) groups is 2. The molecule has 0 saturated heterocycles. The molecule has 2 amide bonds. The maximum absolute atomic E-state index is 12.8. The highest BCUT2D eigenvalue weighted by Crippen LogP contribution is 2.34. The molecule has 2 aromatic carbocycles. The Hall–Kier alpha value is -3.02. The van der Waals surface area contributed by atoms with Gasteiger partial charge in [-0.1, -0.05) is 18.2 Å². The molecule has 0 radical (unpaired) electrons. The predicted molar refractivity (Wildman–Crippen MR) is 95.3 cm³/mol. The zero-order chi connectivity index (χ0) is 18.0. The van der Waals surface area contributed by atoms with Crippen molar-refractivity contribution in [1.82, 2.24) is 0 Å². The number of carbonyl (C=O) groups excluding carboxylic acids is 2. The molecule has 2 aromatic rings. The molecule has 0 bridgehead atoms. The molecular formula is C19H20N2O4. The molecule has 1 aliphatic heterocycles. The maximum atomic E-state index is 12.8. The van der Waals surface area contributed by atoms with Crippen molar-refractivity contribution < 1.29 is 19.1 Å². The number of fused-ring (bicyclic) bond motifs is 1. The van der Waals surface area contributed by atoms with Crippen LogP contribution in [0.1, 0.15) is 31.1 Å². The highest BCUT2D eigenvalue weighted by atomic mass is 16.5. The molecule has 1 unspecified atom stereocenters. The summed E-state index contributed by atoms with van der Waals surface area (Å²) < 4.78 is 11.3. The number of nitrogens with one attached hydrogen (secondary N) is 2. The molecule has 130 valence electrons. The molecular weight excluding hydrogens is 320 g/mol. The lowest BCUT2D eigenvalue weighted by molar-refractivity contribution is -0.122. The Kier molecular flexibility index (Phi) is 4.61. The second kappa shape index (κ2) is 6.84. The van der Waals surface area contributed by atoms with Crippen LogP contribution in [0.15, 0.2) is 42.5 Å². The van der Waals surface area contributed by atoms with Crippen molar-refractivity contribution in [2.45, 2.75) is 33.0 Å². The molecule has 0 aromatic heterocycles. The van der Waals surface area contributed by atoms with E-state index in [1.165, 1.54) is 0 Å². The number of hydrogen-bond donors (Lipinski definition) is 2. The van der Waals surface area contributed by atoms with Crippen molar-refractivity contribution in [3.63, 3.8) is 0 Å². The minimum atomic E-state index is -0.655. The molecule has 0 spiro atoms.